The molecule has 5 heteroatoms. The van der Waals surface area contributed by atoms with Crippen molar-refractivity contribution >= 4 is 29.9 Å². The molecule has 0 aliphatic carbocycles. The normalized spacial score (nSPS) is 10.9. The highest BCUT2D eigenvalue weighted by atomic mass is 127. The molecule has 1 rings (SSSR count). The smallest absolute Gasteiger partial charge is 0.190 e. The van der Waals surface area contributed by atoms with Crippen LogP contribution in [-0.4, -0.2) is 39.3 Å². The van der Waals surface area contributed by atoms with Crippen LogP contribution in [0.1, 0.15) is 24.5 Å². The Morgan fingerprint density at radius 1 is 1.14 bits per heavy atom. The first-order valence-corrected chi connectivity index (χ1v) is 7.34. The molecular formula is C16H28IN3O. The van der Waals surface area contributed by atoms with Crippen LogP contribution >= 0.6 is 24.0 Å². The molecule has 0 amide bonds. The SMILES string of the molecule is CCOCCCNC(=NC)NCCc1ccc(C)cc1.I. The van der Waals surface area contributed by atoms with Gasteiger partial charge in [-0.25, -0.2) is 0 Å². The van der Waals surface area contributed by atoms with E-state index in [0.29, 0.717) is 0 Å². The number of aliphatic imine (C=N–C) groups is 1. The standard InChI is InChI=1S/C16H27N3O.HI/c1-4-20-13-5-11-18-16(17-3)19-12-10-15-8-6-14(2)7-9-15;/h6-9H,4-5,10-13H2,1-3H3,(H2,17,18,19);1H. The van der Waals surface area contributed by atoms with Gasteiger partial charge in [-0.1, -0.05) is 29.8 Å². The van der Waals surface area contributed by atoms with Crippen molar-refractivity contribution in [1.82, 2.24) is 10.6 Å². The van der Waals surface area contributed by atoms with E-state index >= 15 is 0 Å². The highest BCUT2D eigenvalue weighted by Gasteiger charge is 1.97. The highest BCUT2D eigenvalue weighted by molar-refractivity contribution is 14.0. The Kier molecular flexibility index (Phi) is 12.4. The first-order valence-electron chi connectivity index (χ1n) is 7.34. The molecule has 0 aromatic heterocycles. The number of halogens is 1. The summed E-state index contributed by atoms with van der Waals surface area (Å²) in [5.74, 6) is 0.855. The lowest BCUT2D eigenvalue weighted by atomic mass is 10.1. The van der Waals surface area contributed by atoms with Gasteiger partial charge in [0.1, 0.15) is 0 Å². The molecule has 0 radical (unpaired) electrons. The van der Waals surface area contributed by atoms with E-state index in [0.717, 1.165) is 45.1 Å². The van der Waals surface area contributed by atoms with E-state index in [9.17, 15) is 0 Å². The molecule has 0 spiro atoms. The topological polar surface area (TPSA) is 45.6 Å². The number of nitrogens with one attached hydrogen (secondary N) is 2. The quantitative estimate of drug-likeness (QED) is 0.303. The van der Waals surface area contributed by atoms with Crippen LogP contribution in [0.5, 0.6) is 0 Å². The van der Waals surface area contributed by atoms with Gasteiger partial charge >= 0.3 is 0 Å². The molecule has 0 unspecified atom stereocenters. The summed E-state index contributed by atoms with van der Waals surface area (Å²) in [6, 6.07) is 8.65. The molecule has 0 heterocycles. The number of aryl methyl sites for hydroxylation is 1. The Labute approximate surface area is 145 Å². The molecule has 120 valence electrons. The first-order chi connectivity index (χ1) is 9.76. The number of rotatable bonds is 8. The van der Waals surface area contributed by atoms with E-state index < -0.39 is 0 Å². The summed E-state index contributed by atoms with van der Waals surface area (Å²) in [6.07, 6.45) is 1.99. The Morgan fingerprint density at radius 3 is 2.43 bits per heavy atom. The molecule has 0 bridgehead atoms. The van der Waals surface area contributed by atoms with Gasteiger partial charge in [0.2, 0.25) is 0 Å². The summed E-state index contributed by atoms with van der Waals surface area (Å²) >= 11 is 0. The van der Waals surface area contributed by atoms with Gasteiger partial charge < -0.3 is 15.4 Å². The minimum atomic E-state index is 0. The van der Waals surface area contributed by atoms with Gasteiger partial charge in [-0.05, 0) is 32.3 Å². The van der Waals surface area contributed by atoms with Crippen LogP contribution in [0.4, 0.5) is 0 Å². The van der Waals surface area contributed by atoms with E-state index in [1.165, 1.54) is 11.1 Å². The van der Waals surface area contributed by atoms with Crippen molar-refractivity contribution in [3.05, 3.63) is 35.4 Å². The van der Waals surface area contributed by atoms with Crippen molar-refractivity contribution in [2.24, 2.45) is 4.99 Å². The third kappa shape index (κ3) is 9.68. The number of hydrogen-bond acceptors (Lipinski definition) is 2. The fourth-order valence-electron chi connectivity index (χ4n) is 1.83. The summed E-state index contributed by atoms with van der Waals surface area (Å²) in [7, 11) is 1.80. The predicted molar refractivity (Wildman–Crippen MR) is 101 cm³/mol. The van der Waals surface area contributed by atoms with Crippen LogP contribution in [0, 0.1) is 6.92 Å². The van der Waals surface area contributed by atoms with Gasteiger partial charge in [0.15, 0.2) is 5.96 Å². The number of guanidine groups is 1. The van der Waals surface area contributed by atoms with Crippen LogP contribution < -0.4 is 10.6 Å². The summed E-state index contributed by atoms with van der Waals surface area (Å²) < 4.78 is 5.30. The molecule has 0 saturated carbocycles. The first kappa shape index (κ1) is 20.2. The molecule has 0 saturated heterocycles. The second-order valence-corrected chi connectivity index (χ2v) is 4.71. The average molecular weight is 405 g/mol. The van der Waals surface area contributed by atoms with Gasteiger partial charge in [-0.2, -0.15) is 0 Å². The monoisotopic (exact) mass is 405 g/mol. The maximum absolute atomic E-state index is 5.30. The molecule has 0 fully saturated rings. The zero-order valence-corrected chi connectivity index (χ0v) is 15.6. The maximum Gasteiger partial charge on any atom is 0.190 e. The fraction of sp³-hybridized carbons (Fsp3) is 0.562. The minimum absolute atomic E-state index is 0. The van der Waals surface area contributed by atoms with Crippen LogP contribution in [0.25, 0.3) is 0 Å². The predicted octanol–water partition coefficient (Wildman–Crippen LogP) is 2.75. The molecule has 2 N–H and O–H groups in total. The maximum atomic E-state index is 5.30. The van der Waals surface area contributed by atoms with Crippen molar-refractivity contribution in [1.29, 1.82) is 0 Å². The minimum Gasteiger partial charge on any atom is -0.382 e. The van der Waals surface area contributed by atoms with Crippen molar-refractivity contribution in [3.63, 3.8) is 0 Å². The van der Waals surface area contributed by atoms with E-state index in [1.807, 2.05) is 6.92 Å². The Hall–Kier alpha value is -0.820. The van der Waals surface area contributed by atoms with Gasteiger partial charge in [0.25, 0.3) is 0 Å². The summed E-state index contributed by atoms with van der Waals surface area (Å²) in [4.78, 5) is 4.20. The lowest BCUT2D eigenvalue weighted by Crippen LogP contribution is -2.39. The largest absolute Gasteiger partial charge is 0.382 e. The molecule has 0 aliphatic rings. The van der Waals surface area contributed by atoms with E-state index in [1.54, 1.807) is 7.05 Å². The Balaban J connectivity index is 0.00000400. The summed E-state index contributed by atoms with van der Waals surface area (Å²) in [5, 5.41) is 6.60. The Morgan fingerprint density at radius 2 is 1.81 bits per heavy atom. The van der Waals surface area contributed by atoms with E-state index in [4.69, 9.17) is 4.74 Å². The summed E-state index contributed by atoms with van der Waals surface area (Å²) in [5.41, 5.74) is 2.64. The molecule has 21 heavy (non-hydrogen) atoms. The van der Waals surface area contributed by atoms with Crippen LogP contribution in [0.3, 0.4) is 0 Å². The molecule has 1 aromatic carbocycles. The molecular weight excluding hydrogens is 377 g/mol. The van der Waals surface area contributed by atoms with E-state index in [-0.39, 0.29) is 24.0 Å². The second kappa shape index (κ2) is 12.9. The van der Waals surface area contributed by atoms with E-state index in [2.05, 4.69) is 46.8 Å². The van der Waals surface area contributed by atoms with Gasteiger partial charge in [-0.3, -0.25) is 4.99 Å². The lowest BCUT2D eigenvalue weighted by Gasteiger charge is -2.12. The number of ether oxygens (including phenoxy) is 1. The van der Waals surface area contributed by atoms with Crippen molar-refractivity contribution < 1.29 is 4.74 Å². The number of nitrogens with zero attached hydrogens (tertiary/aromatic N) is 1. The second-order valence-electron chi connectivity index (χ2n) is 4.71. The third-order valence-corrected chi connectivity index (χ3v) is 3.01. The number of benzene rings is 1. The van der Waals surface area contributed by atoms with Gasteiger partial charge in [0, 0.05) is 33.4 Å². The zero-order valence-electron chi connectivity index (χ0n) is 13.3. The zero-order chi connectivity index (χ0) is 14.6. The van der Waals surface area contributed by atoms with Gasteiger partial charge in [-0.15, -0.1) is 24.0 Å². The highest BCUT2D eigenvalue weighted by Crippen LogP contribution is 2.02. The van der Waals surface area contributed by atoms with Crippen LogP contribution in [0.15, 0.2) is 29.3 Å². The number of hydrogen-bond donors (Lipinski definition) is 2. The molecule has 0 atom stereocenters. The van der Waals surface area contributed by atoms with Crippen molar-refractivity contribution in [3.8, 4) is 0 Å². The molecule has 1 aromatic rings. The molecule has 0 aliphatic heterocycles. The van der Waals surface area contributed by atoms with Gasteiger partial charge in [0.05, 0.1) is 0 Å². The molecule has 4 nitrogen and oxygen atoms in total. The lowest BCUT2D eigenvalue weighted by molar-refractivity contribution is 0.145. The average Bonchev–Trinajstić information content (AvgIpc) is 2.47. The van der Waals surface area contributed by atoms with Crippen LogP contribution in [-0.2, 0) is 11.2 Å². The Bertz CT molecular complexity index is 393. The van der Waals surface area contributed by atoms with Crippen LogP contribution in [0.2, 0.25) is 0 Å². The van der Waals surface area contributed by atoms with Crippen molar-refractivity contribution in [2.75, 3.05) is 33.4 Å². The summed E-state index contributed by atoms with van der Waals surface area (Å²) in [6.45, 7) is 7.46. The van der Waals surface area contributed by atoms with Crippen molar-refractivity contribution in [2.45, 2.75) is 26.7 Å². The third-order valence-electron chi connectivity index (χ3n) is 3.01. The fourth-order valence-corrected chi connectivity index (χ4v) is 1.83.